The Bertz CT molecular complexity index is 2540. The van der Waals surface area contributed by atoms with Crippen LogP contribution in [-0.4, -0.2) is 77.2 Å². The largest absolute Gasteiger partial charge is 0.493 e. The first kappa shape index (κ1) is 38.5. The summed E-state index contributed by atoms with van der Waals surface area (Å²) in [5.41, 5.74) is 5.41. The number of halogens is 2. The summed E-state index contributed by atoms with van der Waals surface area (Å²) in [6, 6.07) is 13.8. The Hall–Kier alpha value is -4.76. The van der Waals surface area contributed by atoms with Crippen molar-refractivity contribution >= 4 is 49.1 Å². The molecule has 1 aliphatic rings. The maximum atomic E-state index is 14.4. The van der Waals surface area contributed by atoms with Crippen LogP contribution in [0.3, 0.4) is 0 Å². The number of aromatic nitrogens is 5. The van der Waals surface area contributed by atoms with E-state index in [0.717, 1.165) is 16.6 Å². The fourth-order valence-corrected chi connectivity index (χ4v) is 9.37. The highest BCUT2D eigenvalue weighted by Crippen LogP contribution is 2.43. The average molecular weight is 792 g/mol. The molecule has 4 heterocycles. The highest BCUT2D eigenvalue weighted by Gasteiger charge is 2.30. The average Bonchev–Trinajstić information content (AvgIpc) is 3.73. The van der Waals surface area contributed by atoms with Crippen LogP contribution in [0, 0.1) is 19.7 Å². The van der Waals surface area contributed by atoms with Crippen molar-refractivity contribution in [1.29, 1.82) is 0 Å². The van der Waals surface area contributed by atoms with Crippen LogP contribution >= 0.6 is 11.6 Å². The summed E-state index contributed by atoms with van der Waals surface area (Å²) in [5, 5.41) is 22.3. The Kier molecular flexibility index (Phi) is 11.0. The van der Waals surface area contributed by atoms with Crippen molar-refractivity contribution in [2.45, 2.75) is 57.7 Å². The number of aryl methyl sites for hydroxylation is 6. The Balaban J connectivity index is 1.39. The van der Waals surface area contributed by atoms with E-state index in [1.807, 2.05) is 18.2 Å². The van der Waals surface area contributed by atoms with Crippen molar-refractivity contribution in [3.05, 3.63) is 99.0 Å². The van der Waals surface area contributed by atoms with Gasteiger partial charge in [0.15, 0.2) is 9.84 Å². The molecule has 0 amide bonds. The van der Waals surface area contributed by atoms with E-state index >= 15 is 0 Å². The zero-order valence-corrected chi connectivity index (χ0v) is 32.8. The lowest BCUT2D eigenvalue weighted by Gasteiger charge is -2.14. The normalized spacial score (nSPS) is 14.9. The zero-order valence-electron chi connectivity index (χ0n) is 31.2. The van der Waals surface area contributed by atoms with Gasteiger partial charge < -0.3 is 23.9 Å². The first-order valence-electron chi connectivity index (χ1n) is 18.1. The number of fused-ring (bicyclic) bond motifs is 8. The highest BCUT2D eigenvalue weighted by molar-refractivity contribution is 7.89. The molecule has 0 unspecified atom stereocenters. The standard InChI is InChI=1S/C40H43ClFN5O7S/c1-24-36-33-11-10-32(41)38(36)37-25(2)43-47(13-15-53-17-16-52-4)34(37)23-55(50,51)22-29-21-30(45(3)44-29)8-6-26-18-27-20-28(42)7-9-31(27)35(19-26)54-14-5-12-46(33)39(24)40(48)49/h7,9-11,18-21H,5-6,8,12-17,22-23H2,1-4H3,(H,48,49). The van der Waals surface area contributed by atoms with Gasteiger partial charge in [0.1, 0.15) is 17.3 Å². The maximum absolute atomic E-state index is 14.4. The summed E-state index contributed by atoms with van der Waals surface area (Å²) < 4.78 is 65.0. The van der Waals surface area contributed by atoms with Crippen LogP contribution in [0.2, 0.25) is 5.02 Å². The second-order valence-electron chi connectivity index (χ2n) is 13.9. The molecule has 0 aliphatic carbocycles. The zero-order chi connectivity index (χ0) is 39.0. The SMILES string of the molecule is COCCOCCn1nc(C)c2c1CS(=O)(=O)Cc1cc(n(C)n1)CCc1cc(c3ccc(F)cc3c1)OCCCn1c(C(=O)O)c(C)c3c-2c(Cl)ccc31. The second-order valence-corrected chi connectivity index (χ2v) is 16.4. The van der Waals surface area contributed by atoms with Gasteiger partial charge in [0.25, 0.3) is 0 Å². The minimum Gasteiger partial charge on any atom is -0.493 e. The van der Waals surface area contributed by atoms with E-state index in [-0.39, 0.29) is 42.8 Å². The molecular formula is C40H43ClFN5O7S. The summed E-state index contributed by atoms with van der Waals surface area (Å²) in [4.78, 5) is 12.9. The Morgan fingerprint density at radius 2 is 1.84 bits per heavy atom. The molecule has 1 aliphatic heterocycles. The van der Waals surface area contributed by atoms with Crippen molar-refractivity contribution < 1.29 is 36.9 Å². The molecule has 0 spiro atoms. The van der Waals surface area contributed by atoms with Crippen LogP contribution in [-0.2, 0) is 63.8 Å². The van der Waals surface area contributed by atoms with Crippen LogP contribution < -0.4 is 4.74 Å². The number of methoxy groups -OCH3 is 1. The molecule has 7 rings (SSSR count). The van der Waals surface area contributed by atoms with Crippen molar-refractivity contribution in [2.75, 3.05) is 33.5 Å². The third-order valence-corrected chi connectivity index (χ3v) is 11.9. The first-order chi connectivity index (χ1) is 26.3. The number of benzene rings is 3. The van der Waals surface area contributed by atoms with Crippen LogP contribution in [0.15, 0.2) is 48.5 Å². The van der Waals surface area contributed by atoms with Crippen LogP contribution in [0.5, 0.6) is 5.75 Å². The second kappa shape index (κ2) is 15.8. The van der Waals surface area contributed by atoms with Gasteiger partial charge in [-0.15, -0.1) is 0 Å². The molecule has 3 aromatic heterocycles. The van der Waals surface area contributed by atoms with Crippen LogP contribution in [0.4, 0.5) is 4.39 Å². The lowest BCUT2D eigenvalue weighted by Crippen LogP contribution is -2.16. The number of sulfone groups is 1. The Morgan fingerprint density at radius 3 is 2.62 bits per heavy atom. The summed E-state index contributed by atoms with van der Waals surface area (Å²) in [7, 11) is -0.482. The fourth-order valence-electron chi connectivity index (χ4n) is 7.71. The molecule has 290 valence electrons. The molecular weight excluding hydrogens is 749 g/mol. The van der Waals surface area contributed by atoms with E-state index < -0.39 is 15.8 Å². The third-order valence-electron chi connectivity index (χ3n) is 10.1. The number of aromatic carboxylic acids is 1. The molecule has 3 aromatic carbocycles. The number of carbonyl (C=O) groups is 1. The number of carboxylic acid groups (broad SMARTS) is 1. The predicted molar refractivity (Wildman–Crippen MR) is 208 cm³/mol. The molecule has 0 fully saturated rings. The lowest BCUT2D eigenvalue weighted by molar-refractivity contribution is 0.0651. The predicted octanol–water partition coefficient (Wildman–Crippen LogP) is 6.84. The minimum absolute atomic E-state index is 0.0975. The van der Waals surface area contributed by atoms with Gasteiger partial charge in [-0.05, 0) is 92.1 Å². The number of rotatable bonds is 7. The summed E-state index contributed by atoms with van der Waals surface area (Å²) in [5.74, 6) is -1.57. The van der Waals surface area contributed by atoms with Gasteiger partial charge in [0.2, 0.25) is 0 Å². The third kappa shape index (κ3) is 7.86. The van der Waals surface area contributed by atoms with Crippen LogP contribution in [0.25, 0.3) is 32.8 Å². The first-order valence-corrected chi connectivity index (χ1v) is 20.3. The molecule has 0 radical (unpaired) electrons. The van der Waals surface area contributed by atoms with E-state index in [1.54, 1.807) is 60.1 Å². The number of hydrogen-bond acceptors (Lipinski definition) is 8. The Labute approximate surface area is 323 Å². The lowest BCUT2D eigenvalue weighted by atomic mass is 9.97. The molecule has 12 nitrogen and oxygen atoms in total. The van der Waals surface area contributed by atoms with Gasteiger partial charge in [-0.3, -0.25) is 9.36 Å². The van der Waals surface area contributed by atoms with Gasteiger partial charge in [-0.1, -0.05) is 17.7 Å². The molecule has 0 saturated carbocycles. The molecule has 1 N–H and O–H groups in total. The van der Waals surface area contributed by atoms with Gasteiger partial charge in [0, 0.05) is 58.8 Å². The summed E-state index contributed by atoms with van der Waals surface area (Å²) in [6.45, 7) is 5.40. The molecule has 0 atom stereocenters. The smallest absolute Gasteiger partial charge is 0.352 e. The minimum atomic E-state index is -3.86. The molecule has 0 saturated heterocycles. The molecule has 15 heteroatoms. The van der Waals surface area contributed by atoms with Crippen molar-refractivity contribution in [3.8, 4) is 16.9 Å². The van der Waals surface area contributed by atoms with Gasteiger partial charge >= 0.3 is 5.97 Å². The van der Waals surface area contributed by atoms with Crippen molar-refractivity contribution in [2.24, 2.45) is 7.05 Å². The van der Waals surface area contributed by atoms with E-state index in [9.17, 15) is 22.7 Å². The summed E-state index contributed by atoms with van der Waals surface area (Å²) >= 11 is 7.02. The molecule has 8 bridgehead atoms. The quantitative estimate of drug-likeness (QED) is 0.172. The fraction of sp³-hybridized carbons (Fsp3) is 0.375. The van der Waals surface area contributed by atoms with Crippen molar-refractivity contribution in [1.82, 2.24) is 24.1 Å². The van der Waals surface area contributed by atoms with Crippen LogP contribution in [0.1, 0.15) is 50.8 Å². The number of ether oxygens (including phenoxy) is 3. The number of carboxylic acids is 1. The van der Waals surface area contributed by atoms with Gasteiger partial charge in [-0.2, -0.15) is 10.2 Å². The molecule has 55 heavy (non-hydrogen) atoms. The maximum Gasteiger partial charge on any atom is 0.352 e. The highest BCUT2D eigenvalue weighted by atomic mass is 35.5. The van der Waals surface area contributed by atoms with Gasteiger partial charge in [-0.25, -0.2) is 17.6 Å². The topological polar surface area (TPSA) is 140 Å². The number of hydrogen-bond donors (Lipinski definition) is 1. The number of nitrogens with zero attached hydrogens (tertiary/aromatic N) is 5. The van der Waals surface area contributed by atoms with E-state index in [2.05, 4.69) is 5.10 Å². The Morgan fingerprint density at radius 1 is 1.02 bits per heavy atom. The monoisotopic (exact) mass is 791 g/mol. The molecule has 6 aromatic rings. The van der Waals surface area contributed by atoms with E-state index in [1.165, 1.54) is 12.1 Å². The van der Waals surface area contributed by atoms with Gasteiger partial charge in [0.05, 0.1) is 61.6 Å². The van der Waals surface area contributed by atoms with Crippen molar-refractivity contribution in [3.63, 3.8) is 0 Å². The van der Waals surface area contributed by atoms with E-state index in [0.29, 0.717) is 99.9 Å². The summed E-state index contributed by atoms with van der Waals surface area (Å²) in [6.07, 6.45) is 1.58. The van der Waals surface area contributed by atoms with E-state index in [4.69, 9.17) is 30.9 Å².